The summed E-state index contributed by atoms with van der Waals surface area (Å²) in [6, 6.07) is 0. The van der Waals surface area contributed by atoms with Crippen LogP contribution in [-0.2, 0) is 14.2 Å². The van der Waals surface area contributed by atoms with Gasteiger partial charge in [0.15, 0.2) is 0 Å². The van der Waals surface area contributed by atoms with Crippen molar-refractivity contribution in [3.05, 3.63) is 5.69 Å². The van der Waals surface area contributed by atoms with Gasteiger partial charge in [0.25, 0.3) is 11.8 Å². The van der Waals surface area contributed by atoms with Gasteiger partial charge in [-0.15, -0.1) is 13.1 Å². The summed E-state index contributed by atoms with van der Waals surface area (Å²) in [6.45, 7) is 7.26. The number of rotatable bonds is 16. The van der Waals surface area contributed by atoms with Crippen LogP contribution in [0.15, 0.2) is 0 Å². The first-order valence-corrected chi connectivity index (χ1v) is 12.7. The fourth-order valence-corrected chi connectivity index (χ4v) is 5.15. The summed E-state index contributed by atoms with van der Waals surface area (Å²) in [5, 5.41) is 0. The number of hydrogen-bond acceptors (Lipinski definition) is 13. The first-order valence-electron chi connectivity index (χ1n) is 11.3. The molecule has 0 unspecified atom stereocenters. The molecule has 3 aliphatic heterocycles. The highest BCUT2D eigenvalue weighted by Gasteiger charge is 2.38. The van der Waals surface area contributed by atoms with Crippen LogP contribution in [0.1, 0.15) is 24.5 Å². The van der Waals surface area contributed by atoms with E-state index in [2.05, 4.69) is 22.4 Å². The number of fused-ring (bicyclic) bond motifs is 3. The standard InChI is InChI=1S/C20H31N5O6S2/c1-26-19-20(24-33-23-19)31-13-11-29-9-7-27-6-8-28-10-12-30-18-17(21-32-22-18)16-14-25-4-2-15(16)3-5-25/h15-16H,2-14H2,1H3/t16-/m0/s1. The molecule has 2 bridgehead atoms. The van der Waals surface area contributed by atoms with Crippen molar-refractivity contribution in [2.45, 2.75) is 18.8 Å². The highest BCUT2D eigenvalue weighted by atomic mass is 32.1. The topological polar surface area (TPSA) is 110 Å². The molecule has 184 valence electrons. The van der Waals surface area contributed by atoms with Gasteiger partial charge in [-0.3, -0.25) is 0 Å². The van der Waals surface area contributed by atoms with Gasteiger partial charge in [-0.05, 0) is 31.8 Å². The molecule has 0 N–H and O–H groups in total. The Morgan fingerprint density at radius 3 is 1.88 bits per heavy atom. The van der Waals surface area contributed by atoms with Crippen molar-refractivity contribution >= 4 is 23.5 Å². The van der Waals surface area contributed by atoms with Crippen molar-refractivity contribution in [1.82, 2.24) is 22.4 Å². The minimum Gasteiger partial charge on any atom is -0.477 e. The fourth-order valence-electron chi connectivity index (χ4n) is 4.11. The number of methoxy groups -OCH3 is 1. The summed E-state index contributed by atoms with van der Waals surface area (Å²) < 4.78 is 49.7. The average Bonchev–Trinajstić information content (AvgIpc) is 3.52. The molecule has 0 aromatic carbocycles. The minimum absolute atomic E-state index is 0.376. The predicted octanol–water partition coefficient (Wildman–Crippen LogP) is 1.71. The molecule has 1 atom stereocenters. The smallest absolute Gasteiger partial charge is 0.291 e. The molecule has 0 radical (unpaired) electrons. The van der Waals surface area contributed by atoms with Crippen molar-refractivity contribution in [3.8, 4) is 17.6 Å². The van der Waals surface area contributed by atoms with E-state index in [-0.39, 0.29) is 0 Å². The summed E-state index contributed by atoms with van der Waals surface area (Å²) in [4.78, 5) is 2.52. The normalized spacial score (nSPS) is 21.9. The lowest BCUT2D eigenvalue weighted by atomic mass is 9.77. The number of aromatic nitrogens is 4. The molecule has 3 saturated heterocycles. The quantitative estimate of drug-likeness (QED) is 0.314. The lowest BCUT2D eigenvalue weighted by Crippen LogP contribution is -2.46. The molecule has 13 heteroatoms. The third-order valence-electron chi connectivity index (χ3n) is 5.79. The monoisotopic (exact) mass is 501 g/mol. The first kappa shape index (κ1) is 24.5. The zero-order valence-corrected chi connectivity index (χ0v) is 20.5. The van der Waals surface area contributed by atoms with Crippen LogP contribution < -0.4 is 14.2 Å². The number of hydrogen-bond donors (Lipinski definition) is 0. The highest BCUT2D eigenvalue weighted by Crippen LogP contribution is 2.41. The molecule has 2 aromatic heterocycles. The lowest BCUT2D eigenvalue weighted by molar-refractivity contribution is 0.00439. The van der Waals surface area contributed by atoms with Crippen molar-refractivity contribution in [3.63, 3.8) is 0 Å². The minimum atomic E-state index is 0.376. The Labute approximate surface area is 201 Å². The van der Waals surface area contributed by atoms with E-state index in [1.807, 2.05) is 0 Å². The summed E-state index contributed by atoms with van der Waals surface area (Å²) in [5.74, 6) is 2.64. The zero-order chi connectivity index (χ0) is 22.7. The highest BCUT2D eigenvalue weighted by molar-refractivity contribution is 6.99. The van der Waals surface area contributed by atoms with Crippen molar-refractivity contribution < 1.29 is 28.4 Å². The SMILES string of the molecule is COc1nsnc1OCCOCCOCCOCCOc1nsnc1[C@H]1CN2CCC1CC2. The molecular weight excluding hydrogens is 470 g/mol. The van der Waals surface area contributed by atoms with Crippen molar-refractivity contribution in [1.29, 1.82) is 0 Å². The predicted molar refractivity (Wildman–Crippen MR) is 122 cm³/mol. The molecule has 0 amide bonds. The van der Waals surface area contributed by atoms with Crippen LogP contribution in [0.2, 0.25) is 0 Å². The van der Waals surface area contributed by atoms with E-state index < -0.39 is 0 Å². The van der Waals surface area contributed by atoms with Gasteiger partial charge in [0.2, 0.25) is 5.88 Å². The average molecular weight is 502 g/mol. The summed E-state index contributed by atoms with van der Waals surface area (Å²) >= 11 is 2.28. The van der Waals surface area contributed by atoms with Crippen LogP contribution in [0.5, 0.6) is 17.6 Å². The largest absolute Gasteiger partial charge is 0.477 e. The van der Waals surface area contributed by atoms with Crippen LogP contribution in [0.4, 0.5) is 0 Å². The molecule has 0 spiro atoms. The van der Waals surface area contributed by atoms with E-state index in [1.54, 1.807) is 0 Å². The Morgan fingerprint density at radius 2 is 1.27 bits per heavy atom. The first-order chi connectivity index (χ1) is 16.3. The van der Waals surface area contributed by atoms with Crippen molar-refractivity contribution in [2.75, 3.05) is 79.6 Å². The third kappa shape index (κ3) is 7.17. The Morgan fingerprint density at radius 1 is 0.727 bits per heavy atom. The Bertz CT molecular complexity index is 816. The van der Waals surface area contributed by atoms with E-state index in [9.17, 15) is 0 Å². The Kier molecular flexibility index (Phi) is 9.87. The molecular formula is C20H31N5O6S2. The maximum Gasteiger partial charge on any atom is 0.291 e. The van der Waals surface area contributed by atoms with Gasteiger partial charge in [-0.25, -0.2) is 0 Å². The number of piperidine rings is 3. The van der Waals surface area contributed by atoms with Gasteiger partial charge < -0.3 is 33.3 Å². The molecule has 5 rings (SSSR count). The van der Waals surface area contributed by atoms with E-state index in [0.29, 0.717) is 82.3 Å². The second-order valence-corrected chi connectivity index (χ2v) is 8.87. The summed E-state index contributed by atoms with van der Waals surface area (Å²) in [7, 11) is 1.53. The second kappa shape index (κ2) is 13.3. The van der Waals surface area contributed by atoms with Crippen LogP contribution in [0.3, 0.4) is 0 Å². The van der Waals surface area contributed by atoms with Crippen LogP contribution >= 0.6 is 23.5 Å². The van der Waals surface area contributed by atoms with Gasteiger partial charge in [0, 0.05) is 12.5 Å². The molecule has 3 aliphatic rings. The summed E-state index contributed by atoms with van der Waals surface area (Å²) in [5.41, 5.74) is 1.03. The molecule has 11 nitrogen and oxygen atoms in total. The maximum absolute atomic E-state index is 5.87. The van der Waals surface area contributed by atoms with Gasteiger partial charge in [0.1, 0.15) is 18.9 Å². The van der Waals surface area contributed by atoms with Gasteiger partial charge >= 0.3 is 0 Å². The molecule has 3 fully saturated rings. The molecule has 0 saturated carbocycles. The second-order valence-electron chi connectivity index (χ2n) is 7.81. The molecule has 2 aromatic rings. The maximum atomic E-state index is 5.87. The van der Waals surface area contributed by atoms with E-state index in [1.165, 1.54) is 44.8 Å². The lowest BCUT2D eigenvalue weighted by Gasteiger charge is -2.44. The van der Waals surface area contributed by atoms with Gasteiger partial charge in [0.05, 0.1) is 70.2 Å². The number of nitrogens with zero attached hydrogens (tertiary/aromatic N) is 5. The van der Waals surface area contributed by atoms with Crippen LogP contribution in [0, 0.1) is 5.92 Å². The van der Waals surface area contributed by atoms with E-state index >= 15 is 0 Å². The molecule has 33 heavy (non-hydrogen) atoms. The van der Waals surface area contributed by atoms with Gasteiger partial charge in [-0.2, -0.15) is 4.37 Å². The molecule has 5 heterocycles. The van der Waals surface area contributed by atoms with E-state index in [0.717, 1.165) is 24.0 Å². The van der Waals surface area contributed by atoms with Crippen molar-refractivity contribution in [2.24, 2.45) is 5.92 Å². The third-order valence-corrected chi connectivity index (χ3v) is 6.81. The van der Waals surface area contributed by atoms with Gasteiger partial charge in [-0.1, -0.05) is 0 Å². The van der Waals surface area contributed by atoms with Crippen LogP contribution in [-0.4, -0.2) is 102 Å². The number of ether oxygens (including phenoxy) is 6. The Balaban J connectivity index is 0.973. The van der Waals surface area contributed by atoms with Crippen LogP contribution in [0.25, 0.3) is 0 Å². The molecule has 0 aliphatic carbocycles. The zero-order valence-electron chi connectivity index (χ0n) is 18.8. The summed E-state index contributed by atoms with van der Waals surface area (Å²) in [6.07, 6.45) is 2.51. The fraction of sp³-hybridized carbons (Fsp3) is 0.800. The van der Waals surface area contributed by atoms with E-state index in [4.69, 9.17) is 28.4 Å². The Hall–Kier alpha value is -1.64.